The van der Waals surface area contributed by atoms with E-state index in [4.69, 9.17) is 5.26 Å². The number of hydrogen-bond acceptors (Lipinski definition) is 2. The van der Waals surface area contributed by atoms with Crippen LogP contribution in [0.3, 0.4) is 0 Å². The topological polar surface area (TPSA) is 52.9 Å². The van der Waals surface area contributed by atoms with Crippen LogP contribution in [0.25, 0.3) is 0 Å². The maximum absolute atomic E-state index is 11.9. The Kier molecular flexibility index (Phi) is 3.94. The average molecular weight is 250 g/mol. The first-order valence-corrected chi connectivity index (χ1v) is 6.03. The van der Waals surface area contributed by atoms with Gasteiger partial charge in [0.1, 0.15) is 0 Å². The Hall–Kier alpha value is -2.60. The van der Waals surface area contributed by atoms with Gasteiger partial charge in [-0.3, -0.25) is 4.79 Å². The molecule has 0 fully saturated rings. The van der Waals surface area contributed by atoms with Crippen LogP contribution in [0.15, 0.2) is 48.5 Å². The number of nitrogens with one attached hydrogen (secondary N) is 1. The summed E-state index contributed by atoms with van der Waals surface area (Å²) in [4.78, 5) is 11.9. The molecule has 0 saturated carbocycles. The zero-order valence-electron chi connectivity index (χ0n) is 10.7. The maximum Gasteiger partial charge on any atom is 0.251 e. The Bertz CT molecular complexity index is 624. The molecule has 0 heterocycles. The number of nitrogens with zero attached hydrogens (tertiary/aromatic N) is 1. The lowest BCUT2D eigenvalue weighted by Crippen LogP contribution is -2.22. The van der Waals surface area contributed by atoms with Crippen molar-refractivity contribution in [2.45, 2.75) is 13.5 Å². The number of rotatable bonds is 3. The first-order chi connectivity index (χ1) is 9.19. The van der Waals surface area contributed by atoms with Crippen molar-refractivity contribution in [2.75, 3.05) is 0 Å². The minimum Gasteiger partial charge on any atom is -0.348 e. The van der Waals surface area contributed by atoms with Crippen molar-refractivity contribution < 1.29 is 4.79 Å². The number of carbonyl (C=O) groups excluding carboxylic acids is 1. The molecule has 2 rings (SSSR count). The summed E-state index contributed by atoms with van der Waals surface area (Å²) in [6.45, 7) is 2.52. The van der Waals surface area contributed by atoms with Crippen LogP contribution in [0.2, 0.25) is 0 Å². The van der Waals surface area contributed by atoms with E-state index in [2.05, 4.69) is 5.32 Å². The lowest BCUT2D eigenvalue weighted by Gasteiger charge is -2.06. The highest BCUT2D eigenvalue weighted by molar-refractivity contribution is 5.94. The fraction of sp³-hybridized carbons (Fsp3) is 0.125. The van der Waals surface area contributed by atoms with Gasteiger partial charge in [-0.2, -0.15) is 5.26 Å². The van der Waals surface area contributed by atoms with Crippen molar-refractivity contribution in [3.63, 3.8) is 0 Å². The highest BCUT2D eigenvalue weighted by atomic mass is 16.1. The Balaban J connectivity index is 1.99. The summed E-state index contributed by atoms with van der Waals surface area (Å²) in [7, 11) is 0. The third-order valence-corrected chi connectivity index (χ3v) is 2.81. The summed E-state index contributed by atoms with van der Waals surface area (Å²) in [6, 6.07) is 16.6. The van der Waals surface area contributed by atoms with Gasteiger partial charge in [-0.1, -0.05) is 29.8 Å². The molecule has 3 nitrogen and oxygen atoms in total. The quantitative estimate of drug-likeness (QED) is 0.910. The molecule has 0 aliphatic carbocycles. The second-order valence-corrected chi connectivity index (χ2v) is 4.36. The van der Waals surface area contributed by atoms with Crippen molar-refractivity contribution in [1.29, 1.82) is 5.26 Å². The molecule has 0 saturated heterocycles. The van der Waals surface area contributed by atoms with E-state index in [0.29, 0.717) is 17.7 Å². The zero-order valence-corrected chi connectivity index (χ0v) is 10.7. The number of amides is 1. The predicted molar refractivity (Wildman–Crippen MR) is 73.5 cm³/mol. The fourth-order valence-corrected chi connectivity index (χ4v) is 1.80. The number of nitriles is 1. The first-order valence-electron chi connectivity index (χ1n) is 6.03. The lowest BCUT2D eigenvalue weighted by atomic mass is 10.1. The molecule has 0 unspecified atom stereocenters. The first kappa shape index (κ1) is 12.8. The van der Waals surface area contributed by atoms with Gasteiger partial charge in [-0.15, -0.1) is 0 Å². The normalized spacial score (nSPS) is 9.68. The molecule has 0 bridgehead atoms. The third kappa shape index (κ3) is 3.43. The van der Waals surface area contributed by atoms with E-state index >= 15 is 0 Å². The van der Waals surface area contributed by atoms with Gasteiger partial charge in [0.2, 0.25) is 0 Å². The summed E-state index contributed by atoms with van der Waals surface area (Å²) in [5.41, 5.74) is 3.36. The minimum absolute atomic E-state index is 0.133. The molecule has 3 heteroatoms. The average Bonchev–Trinajstić information content (AvgIpc) is 2.45. The summed E-state index contributed by atoms with van der Waals surface area (Å²) >= 11 is 0. The van der Waals surface area contributed by atoms with E-state index < -0.39 is 0 Å². The van der Waals surface area contributed by atoms with Gasteiger partial charge >= 0.3 is 0 Å². The van der Waals surface area contributed by atoms with E-state index in [1.165, 1.54) is 5.56 Å². The highest BCUT2D eigenvalue weighted by Crippen LogP contribution is 2.06. The molecule has 2 aromatic rings. The highest BCUT2D eigenvalue weighted by Gasteiger charge is 2.04. The Morgan fingerprint density at radius 1 is 1.21 bits per heavy atom. The lowest BCUT2D eigenvalue weighted by molar-refractivity contribution is 0.0951. The number of carbonyl (C=O) groups is 1. The standard InChI is InChI=1S/C16H14N2O/c1-12-3-2-4-14(9-12)11-18-16(19)15-7-5-13(10-17)6-8-15/h2-9H,11H2,1H3,(H,18,19). The van der Waals surface area contributed by atoms with Crippen LogP contribution < -0.4 is 5.32 Å². The van der Waals surface area contributed by atoms with E-state index in [9.17, 15) is 4.79 Å². The van der Waals surface area contributed by atoms with Crippen LogP contribution in [0.1, 0.15) is 27.0 Å². The van der Waals surface area contributed by atoms with Gasteiger partial charge in [0, 0.05) is 12.1 Å². The zero-order chi connectivity index (χ0) is 13.7. The monoisotopic (exact) mass is 250 g/mol. The van der Waals surface area contributed by atoms with Crippen LogP contribution >= 0.6 is 0 Å². The number of benzene rings is 2. The molecular weight excluding hydrogens is 236 g/mol. The van der Waals surface area contributed by atoms with Gasteiger partial charge in [0.25, 0.3) is 5.91 Å². The summed E-state index contributed by atoms with van der Waals surface area (Å²) < 4.78 is 0. The van der Waals surface area contributed by atoms with E-state index in [0.717, 1.165) is 5.56 Å². The fourth-order valence-electron chi connectivity index (χ4n) is 1.80. The molecule has 0 aromatic heterocycles. The van der Waals surface area contributed by atoms with Gasteiger partial charge in [-0.05, 0) is 36.8 Å². The van der Waals surface area contributed by atoms with Gasteiger partial charge in [0.15, 0.2) is 0 Å². The molecule has 19 heavy (non-hydrogen) atoms. The number of hydrogen-bond donors (Lipinski definition) is 1. The molecule has 0 aliphatic heterocycles. The molecule has 1 N–H and O–H groups in total. The Labute approximate surface area is 112 Å². The van der Waals surface area contributed by atoms with E-state index in [1.807, 2.05) is 37.3 Å². The molecule has 2 aromatic carbocycles. The summed E-state index contributed by atoms with van der Waals surface area (Å²) in [5.74, 6) is -0.133. The molecule has 0 spiro atoms. The molecule has 0 atom stereocenters. The summed E-state index contributed by atoms with van der Waals surface area (Å²) in [6.07, 6.45) is 0. The molecule has 0 aliphatic rings. The van der Waals surface area contributed by atoms with Crippen LogP contribution in [0, 0.1) is 18.3 Å². The Morgan fingerprint density at radius 3 is 2.58 bits per heavy atom. The Morgan fingerprint density at radius 2 is 1.95 bits per heavy atom. The minimum atomic E-state index is -0.133. The van der Waals surface area contributed by atoms with Crippen LogP contribution in [0.5, 0.6) is 0 Å². The van der Waals surface area contributed by atoms with Crippen molar-refractivity contribution in [3.05, 3.63) is 70.8 Å². The van der Waals surface area contributed by atoms with Crippen LogP contribution in [-0.4, -0.2) is 5.91 Å². The molecule has 94 valence electrons. The van der Waals surface area contributed by atoms with E-state index in [1.54, 1.807) is 24.3 Å². The van der Waals surface area contributed by atoms with Crippen molar-refractivity contribution in [2.24, 2.45) is 0 Å². The maximum atomic E-state index is 11.9. The van der Waals surface area contributed by atoms with Gasteiger partial charge in [-0.25, -0.2) is 0 Å². The van der Waals surface area contributed by atoms with Crippen LogP contribution in [0.4, 0.5) is 0 Å². The van der Waals surface area contributed by atoms with Crippen LogP contribution in [-0.2, 0) is 6.54 Å². The molecular formula is C16H14N2O. The van der Waals surface area contributed by atoms with Crippen molar-refractivity contribution >= 4 is 5.91 Å². The largest absolute Gasteiger partial charge is 0.348 e. The molecule has 1 amide bonds. The van der Waals surface area contributed by atoms with Crippen molar-refractivity contribution in [3.8, 4) is 6.07 Å². The number of aryl methyl sites for hydroxylation is 1. The van der Waals surface area contributed by atoms with E-state index in [-0.39, 0.29) is 5.91 Å². The van der Waals surface area contributed by atoms with Crippen molar-refractivity contribution in [1.82, 2.24) is 5.32 Å². The molecule has 0 radical (unpaired) electrons. The second-order valence-electron chi connectivity index (χ2n) is 4.36. The predicted octanol–water partition coefficient (Wildman–Crippen LogP) is 2.80. The van der Waals surface area contributed by atoms with Gasteiger partial charge < -0.3 is 5.32 Å². The third-order valence-electron chi connectivity index (χ3n) is 2.81. The smallest absolute Gasteiger partial charge is 0.251 e. The summed E-state index contributed by atoms with van der Waals surface area (Å²) in [5, 5.41) is 11.6. The second kappa shape index (κ2) is 5.83. The SMILES string of the molecule is Cc1cccc(CNC(=O)c2ccc(C#N)cc2)c1. The van der Waals surface area contributed by atoms with Gasteiger partial charge in [0.05, 0.1) is 11.6 Å².